The molecule has 2 aromatic rings. The molecule has 0 atom stereocenters. The smallest absolute Gasteiger partial charge is 0.285 e. The van der Waals surface area contributed by atoms with E-state index in [0.717, 1.165) is 24.3 Å². The fourth-order valence-electron chi connectivity index (χ4n) is 2.16. The summed E-state index contributed by atoms with van der Waals surface area (Å²) in [6.07, 6.45) is -3.25. The number of nitrogens with one attached hydrogen (secondary N) is 1. The van der Waals surface area contributed by atoms with Gasteiger partial charge in [0, 0.05) is 21.2 Å². The molecule has 0 aliphatic carbocycles. The lowest BCUT2D eigenvalue weighted by Gasteiger charge is -2.20. The van der Waals surface area contributed by atoms with E-state index in [1.165, 1.54) is 12.3 Å². The largest absolute Gasteiger partial charge is 0.416 e. The molecule has 0 bridgehead atoms. The molecule has 2 heterocycles. The van der Waals surface area contributed by atoms with E-state index >= 15 is 0 Å². The molecule has 22 heavy (non-hydrogen) atoms. The number of alkyl halides is 3. The van der Waals surface area contributed by atoms with Gasteiger partial charge < -0.3 is 0 Å². The zero-order valence-electron chi connectivity index (χ0n) is 10.7. The number of fused-ring (bicyclic) bond motifs is 1. The monoisotopic (exact) mass is 348 g/mol. The molecule has 0 radical (unpaired) electrons. The minimum Gasteiger partial charge on any atom is -0.285 e. The van der Waals surface area contributed by atoms with Gasteiger partial charge in [-0.2, -0.15) is 13.2 Å². The Hall–Kier alpha value is -1.93. The van der Waals surface area contributed by atoms with Gasteiger partial charge in [-0.3, -0.25) is 13.7 Å². The first-order valence-corrected chi connectivity index (χ1v) is 8.07. The highest BCUT2D eigenvalue weighted by Crippen LogP contribution is 2.36. The topological polar surface area (TPSA) is 59.1 Å². The zero-order chi connectivity index (χ0) is 16.1. The van der Waals surface area contributed by atoms with Crippen molar-refractivity contribution in [3.05, 3.63) is 52.8 Å². The summed E-state index contributed by atoms with van der Waals surface area (Å²) in [7, 11) is -3.58. The van der Waals surface area contributed by atoms with Gasteiger partial charge in [-0.05, 0) is 30.3 Å². The maximum atomic E-state index is 13.0. The van der Waals surface area contributed by atoms with Crippen molar-refractivity contribution in [1.29, 1.82) is 0 Å². The number of aromatic nitrogens is 1. The van der Waals surface area contributed by atoms with Crippen LogP contribution in [0.25, 0.3) is 0 Å². The molecule has 9 heteroatoms. The van der Waals surface area contributed by atoms with Gasteiger partial charge in [0.1, 0.15) is 5.69 Å². The Morgan fingerprint density at radius 1 is 1.18 bits per heavy atom. The standard InChI is InChI=1S/C13H8ClF3N2O2S/c14-8-5-10-11(18-6-8)12(20)19-22(10,21)9-3-1-7(2-4-9)13(15,16)17/h1-6,22H,(H,19,20,21). The van der Waals surface area contributed by atoms with E-state index in [1.807, 2.05) is 0 Å². The summed E-state index contributed by atoms with van der Waals surface area (Å²) in [5.74, 6) is -0.644. The second kappa shape index (κ2) is 4.79. The van der Waals surface area contributed by atoms with Crippen LogP contribution in [-0.4, -0.2) is 15.1 Å². The van der Waals surface area contributed by atoms with Crippen LogP contribution < -0.4 is 4.72 Å². The highest BCUT2D eigenvalue weighted by atomic mass is 35.5. The van der Waals surface area contributed by atoms with Gasteiger partial charge in [0.2, 0.25) is 0 Å². The highest BCUT2D eigenvalue weighted by Gasteiger charge is 2.37. The summed E-state index contributed by atoms with van der Waals surface area (Å²) >= 11 is 5.80. The van der Waals surface area contributed by atoms with Gasteiger partial charge in [-0.25, -0.2) is 4.98 Å². The van der Waals surface area contributed by atoms with Crippen LogP contribution in [0.3, 0.4) is 0 Å². The Morgan fingerprint density at radius 3 is 2.41 bits per heavy atom. The highest BCUT2D eigenvalue weighted by molar-refractivity contribution is 8.02. The van der Waals surface area contributed by atoms with Crippen LogP contribution in [0.1, 0.15) is 16.1 Å². The van der Waals surface area contributed by atoms with Gasteiger partial charge in [-0.15, -0.1) is 0 Å². The van der Waals surface area contributed by atoms with Gasteiger partial charge in [-0.1, -0.05) is 11.6 Å². The van der Waals surface area contributed by atoms with Crippen molar-refractivity contribution >= 4 is 27.6 Å². The average molecular weight is 349 g/mol. The molecule has 4 nitrogen and oxygen atoms in total. The normalized spacial score (nSPS) is 17.7. The molecular formula is C13H8ClF3N2O2S. The van der Waals surface area contributed by atoms with Gasteiger partial charge in [0.25, 0.3) is 5.91 Å². The van der Waals surface area contributed by atoms with Crippen molar-refractivity contribution in [3.63, 3.8) is 0 Å². The first-order valence-electron chi connectivity index (χ1n) is 5.98. The summed E-state index contributed by atoms with van der Waals surface area (Å²) in [6.45, 7) is 0. The number of carbonyl (C=O) groups excluding carboxylic acids is 1. The Labute approximate surface area is 128 Å². The fourth-order valence-corrected chi connectivity index (χ4v) is 4.66. The van der Waals surface area contributed by atoms with E-state index in [9.17, 15) is 22.2 Å². The van der Waals surface area contributed by atoms with E-state index in [4.69, 9.17) is 11.6 Å². The van der Waals surface area contributed by atoms with E-state index in [-0.39, 0.29) is 20.5 Å². The van der Waals surface area contributed by atoms with E-state index < -0.39 is 27.8 Å². The van der Waals surface area contributed by atoms with Crippen LogP contribution in [0.2, 0.25) is 5.02 Å². The van der Waals surface area contributed by atoms with Gasteiger partial charge >= 0.3 is 6.18 Å². The number of rotatable bonds is 1. The number of hydrogen-bond donors (Lipinski definition) is 2. The number of benzene rings is 1. The van der Waals surface area contributed by atoms with Crippen molar-refractivity contribution in [3.8, 4) is 0 Å². The molecular weight excluding hydrogens is 341 g/mol. The summed E-state index contributed by atoms with van der Waals surface area (Å²) < 4.78 is 53.1. The van der Waals surface area contributed by atoms with Crippen molar-refractivity contribution in [2.24, 2.45) is 0 Å². The number of thiol groups is 1. The minimum atomic E-state index is -4.49. The maximum Gasteiger partial charge on any atom is 0.416 e. The third-order valence-electron chi connectivity index (χ3n) is 3.21. The average Bonchev–Trinajstić information content (AvgIpc) is 2.70. The third-order valence-corrected chi connectivity index (χ3v) is 5.98. The van der Waals surface area contributed by atoms with Crippen molar-refractivity contribution in [2.45, 2.75) is 16.0 Å². The van der Waals surface area contributed by atoms with Gasteiger partial charge in [0.15, 0.2) is 0 Å². The van der Waals surface area contributed by atoms with E-state index in [0.29, 0.717) is 0 Å². The lowest BCUT2D eigenvalue weighted by atomic mass is 10.2. The number of pyridine rings is 1. The minimum absolute atomic E-state index is 0.0346. The summed E-state index contributed by atoms with van der Waals surface area (Å²) in [5.41, 5.74) is -0.898. The second-order valence-electron chi connectivity index (χ2n) is 4.62. The Kier molecular flexibility index (Phi) is 3.26. The number of amides is 1. The summed E-state index contributed by atoms with van der Waals surface area (Å²) in [6, 6.07) is 5.13. The van der Waals surface area contributed by atoms with Crippen molar-refractivity contribution < 1.29 is 22.2 Å². The van der Waals surface area contributed by atoms with Crippen LogP contribution >= 0.6 is 11.6 Å². The Bertz CT molecular complexity index is 821. The number of hydrogen-bond acceptors (Lipinski definition) is 3. The Balaban J connectivity index is 2.12. The lowest BCUT2D eigenvalue weighted by Crippen LogP contribution is -2.28. The van der Waals surface area contributed by atoms with E-state index in [1.54, 1.807) is 0 Å². The van der Waals surface area contributed by atoms with Crippen LogP contribution in [-0.2, 0) is 16.3 Å². The molecule has 1 aromatic carbocycles. The predicted octanol–water partition coefficient (Wildman–Crippen LogP) is 2.85. The molecule has 1 aliphatic rings. The first-order chi connectivity index (χ1) is 10.2. The summed E-state index contributed by atoms with van der Waals surface area (Å²) in [5, 5.41) is 0.183. The molecule has 0 saturated heterocycles. The quantitative estimate of drug-likeness (QED) is 0.779. The zero-order valence-corrected chi connectivity index (χ0v) is 12.3. The maximum absolute atomic E-state index is 13.0. The molecule has 1 aromatic heterocycles. The molecule has 0 fully saturated rings. The molecule has 1 amide bonds. The second-order valence-corrected chi connectivity index (χ2v) is 7.49. The van der Waals surface area contributed by atoms with Gasteiger partial charge in [0.05, 0.1) is 15.5 Å². The molecule has 3 rings (SSSR count). The van der Waals surface area contributed by atoms with E-state index in [2.05, 4.69) is 9.71 Å². The van der Waals surface area contributed by atoms with Crippen molar-refractivity contribution in [1.82, 2.24) is 9.71 Å². The predicted molar refractivity (Wildman–Crippen MR) is 74.2 cm³/mol. The SMILES string of the molecule is O=C1N[SH](=O)(c2ccc(C(F)(F)F)cc2)c2cc(Cl)cnc21. The van der Waals surface area contributed by atoms with Crippen LogP contribution in [0.4, 0.5) is 13.2 Å². The number of halogens is 4. The Morgan fingerprint density at radius 2 is 1.82 bits per heavy atom. The van der Waals surface area contributed by atoms with Crippen LogP contribution in [0.15, 0.2) is 46.3 Å². The first kappa shape index (κ1) is 15.0. The summed E-state index contributed by atoms with van der Waals surface area (Å²) in [4.78, 5) is 15.8. The molecule has 1 N–H and O–H groups in total. The molecule has 0 spiro atoms. The van der Waals surface area contributed by atoms with Crippen molar-refractivity contribution in [2.75, 3.05) is 0 Å². The molecule has 0 unspecified atom stereocenters. The third kappa shape index (κ3) is 2.28. The molecule has 1 aliphatic heterocycles. The fraction of sp³-hybridized carbons (Fsp3) is 0.0769. The lowest BCUT2D eigenvalue weighted by molar-refractivity contribution is -0.137. The number of carbonyl (C=O) groups is 1. The number of nitrogens with zero attached hydrogens (tertiary/aromatic N) is 1. The molecule has 116 valence electrons. The van der Waals surface area contributed by atoms with Crippen LogP contribution in [0.5, 0.6) is 0 Å². The molecule has 0 saturated carbocycles. The van der Waals surface area contributed by atoms with Crippen LogP contribution in [0, 0.1) is 0 Å².